The zero-order valence-corrected chi connectivity index (χ0v) is 10.4. The van der Waals surface area contributed by atoms with Crippen LogP contribution in [0.2, 0.25) is 0 Å². The lowest BCUT2D eigenvalue weighted by Gasteiger charge is -2.07. The Bertz CT molecular complexity index is 648. The first kappa shape index (κ1) is 12.7. The summed E-state index contributed by atoms with van der Waals surface area (Å²) in [5.41, 5.74) is 1.05. The molecule has 2 aromatic rings. The fourth-order valence-electron chi connectivity index (χ4n) is 1.60. The van der Waals surface area contributed by atoms with Crippen molar-refractivity contribution < 1.29 is 14.7 Å². The van der Waals surface area contributed by atoms with Gasteiger partial charge in [0.2, 0.25) is 0 Å². The summed E-state index contributed by atoms with van der Waals surface area (Å²) in [5.74, 6) is -1.75. The van der Waals surface area contributed by atoms with Crippen molar-refractivity contribution in [1.82, 2.24) is 14.5 Å². The second kappa shape index (κ2) is 4.89. The number of carbonyl (C=O) groups excluding carboxylic acids is 1. The molecule has 0 unspecified atom stereocenters. The fraction of sp³-hybridized carbons (Fsp3) is 0.167. The Morgan fingerprint density at radius 3 is 2.53 bits per heavy atom. The summed E-state index contributed by atoms with van der Waals surface area (Å²) in [6, 6.07) is 3.45. The second-order valence-corrected chi connectivity index (χ2v) is 3.93. The number of carbonyl (C=O) groups is 2. The highest BCUT2D eigenvalue weighted by atomic mass is 16.4. The van der Waals surface area contributed by atoms with Crippen LogP contribution in [0.25, 0.3) is 0 Å². The number of aromatic carboxylic acids is 1. The Balaban J connectivity index is 2.29. The number of carboxylic acids is 1. The number of aromatic nitrogens is 3. The highest BCUT2D eigenvalue weighted by Gasteiger charge is 2.17. The molecule has 0 saturated carbocycles. The number of rotatable bonds is 3. The first-order chi connectivity index (χ1) is 9.00. The van der Waals surface area contributed by atoms with Gasteiger partial charge < -0.3 is 15.0 Å². The Labute approximate surface area is 108 Å². The van der Waals surface area contributed by atoms with Gasteiger partial charge in [-0.15, -0.1) is 0 Å². The van der Waals surface area contributed by atoms with Crippen molar-refractivity contribution in [3.63, 3.8) is 0 Å². The van der Waals surface area contributed by atoms with E-state index in [0.717, 1.165) is 5.69 Å². The van der Waals surface area contributed by atoms with Gasteiger partial charge in [0, 0.05) is 25.1 Å². The van der Waals surface area contributed by atoms with Gasteiger partial charge >= 0.3 is 5.97 Å². The van der Waals surface area contributed by atoms with Crippen molar-refractivity contribution in [2.45, 2.75) is 6.92 Å². The quantitative estimate of drug-likeness (QED) is 0.860. The van der Waals surface area contributed by atoms with Gasteiger partial charge in [-0.2, -0.15) is 0 Å². The van der Waals surface area contributed by atoms with E-state index in [1.165, 1.54) is 12.4 Å². The summed E-state index contributed by atoms with van der Waals surface area (Å²) in [4.78, 5) is 30.5. The molecular formula is C12H12N4O3. The van der Waals surface area contributed by atoms with Crippen LogP contribution >= 0.6 is 0 Å². The van der Waals surface area contributed by atoms with E-state index in [9.17, 15) is 9.59 Å². The molecule has 0 atom stereocenters. The van der Waals surface area contributed by atoms with Gasteiger partial charge in [-0.05, 0) is 19.1 Å². The maximum atomic E-state index is 12.0. The minimum Gasteiger partial charge on any atom is -0.476 e. The lowest BCUT2D eigenvalue weighted by Crippen LogP contribution is -2.19. The van der Waals surface area contributed by atoms with Crippen LogP contribution in [0.15, 0.2) is 24.5 Å². The Morgan fingerprint density at radius 1 is 1.26 bits per heavy atom. The lowest BCUT2D eigenvalue weighted by atomic mass is 10.3. The highest BCUT2D eigenvalue weighted by Crippen LogP contribution is 2.12. The lowest BCUT2D eigenvalue weighted by molar-refractivity contribution is 0.0691. The van der Waals surface area contributed by atoms with Crippen LogP contribution in [0.3, 0.4) is 0 Å². The van der Waals surface area contributed by atoms with Gasteiger partial charge in [-0.1, -0.05) is 0 Å². The molecule has 7 heteroatoms. The number of carboxylic acid groups (broad SMARTS) is 1. The third kappa shape index (κ3) is 2.44. The third-order valence-electron chi connectivity index (χ3n) is 2.74. The van der Waals surface area contributed by atoms with Gasteiger partial charge in [0.05, 0.1) is 0 Å². The largest absolute Gasteiger partial charge is 0.476 e. The number of aryl methyl sites for hydroxylation is 1. The van der Waals surface area contributed by atoms with Crippen molar-refractivity contribution in [2.75, 3.05) is 5.32 Å². The number of anilines is 1. The van der Waals surface area contributed by atoms with E-state index >= 15 is 0 Å². The van der Waals surface area contributed by atoms with E-state index in [-0.39, 0.29) is 11.5 Å². The number of hydrogen-bond donors (Lipinski definition) is 2. The van der Waals surface area contributed by atoms with Crippen molar-refractivity contribution in [1.29, 1.82) is 0 Å². The van der Waals surface area contributed by atoms with Crippen molar-refractivity contribution in [3.05, 3.63) is 41.6 Å². The van der Waals surface area contributed by atoms with Gasteiger partial charge in [0.15, 0.2) is 11.5 Å². The average molecular weight is 260 g/mol. The van der Waals surface area contributed by atoms with Crippen LogP contribution in [0.4, 0.5) is 5.82 Å². The van der Waals surface area contributed by atoms with Crippen LogP contribution in [0.5, 0.6) is 0 Å². The summed E-state index contributed by atoms with van der Waals surface area (Å²) in [5, 5.41) is 11.4. The van der Waals surface area contributed by atoms with E-state index in [4.69, 9.17) is 5.11 Å². The highest BCUT2D eigenvalue weighted by molar-refractivity contribution is 6.05. The van der Waals surface area contributed by atoms with E-state index in [2.05, 4.69) is 15.3 Å². The molecule has 2 heterocycles. The molecular weight excluding hydrogens is 248 g/mol. The van der Waals surface area contributed by atoms with Crippen molar-refractivity contribution in [2.24, 2.45) is 7.05 Å². The molecule has 98 valence electrons. The van der Waals surface area contributed by atoms with Gasteiger partial charge in [-0.25, -0.2) is 14.8 Å². The maximum Gasteiger partial charge on any atom is 0.358 e. The average Bonchev–Trinajstić information content (AvgIpc) is 2.70. The Hall–Kier alpha value is -2.70. The number of amides is 1. The minimum atomic E-state index is -1.24. The van der Waals surface area contributed by atoms with Crippen LogP contribution in [-0.4, -0.2) is 31.5 Å². The molecule has 0 saturated heterocycles. The molecule has 7 nitrogen and oxygen atoms in total. The van der Waals surface area contributed by atoms with E-state index in [1.807, 2.05) is 6.92 Å². The molecule has 0 aromatic carbocycles. The molecule has 2 N–H and O–H groups in total. The summed E-state index contributed by atoms with van der Waals surface area (Å²) in [6.07, 6.45) is 2.57. The predicted octanol–water partition coefficient (Wildman–Crippen LogP) is 1.07. The van der Waals surface area contributed by atoms with Crippen molar-refractivity contribution in [3.8, 4) is 0 Å². The monoisotopic (exact) mass is 260 g/mol. The van der Waals surface area contributed by atoms with Crippen LogP contribution in [-0.2, 0) is 7.05 Å². The van der Waals surface area contributed by atoms with E-state index < -0.39 is 11.9 Å². The topological polar surface area (TPSA) is 97.1 Å². The zero-order chi connectivity index (χ0) is 14.0. The smallest absolute Gasteiger partial charge is 0.358 e. The second-order valence-electron chi connectivity index (χ2n) is 3.93. The van der Waals surface area contributed by atoms with Gasteiger partial charge in [0.25, 0.3) is 5.91 Å². The summed E-state index contributed by atoms with van der Waals surface area (Å²) in [6.45, 7) is 1.86. The molecule has 0 bridgehead atoms. The van der Waals surface area contributed by atoms with E-state index in [1.54, 1.807) is 23.7 Å². The minimum absolute atomic E-state index is 0.0705. The molecule has 2 aromatic heterocycles. The van der Waals surface area contributed by atoms with Gasteiger partial charge in [-0.3, -0.25) is 4.79 Å². The molecule has 0 aliphatic heterocycles. The first-order valence-electron chi connectivity index (χ1n) is 5.48. The summed E-state index contributed by atoms with van der Waals surface area (Å²) < 4.78 is 1.70. The molecule has 0 radical (unpaired) electrons. The normalized spacial score (nSPS) is 10.2. The number of hydrogen-bond acceptors (Lipinski definition) is 4. The molecule has 1 amide bonds. The Morgan fingerprint density at radius 2 is 1.95 bits per heavy atom. The van der Waals surface area contributed by atoms with E-state index in [0.29, 0.717) is 5.69 Å². The SMILES string of the molecule is Cc1ccc(C(=O)Nc2nccnc2C(=O)O)n1C. The number of nitrogens with zero attached hydrogens (tertiary/aromatic N) is 3. The molecule has 0 aliphatic carbocycles. The molecule has 19 heavy (non-hydrogen) atoms. The van der Waals surface area contributed by atoms with Crippen LogP contribution in [0, 0.1) is 6.92 Å². The zero-order valence-electron chi connectivity index (χ0n) is 10.4. The Kier molecular flexibility index (Phi) is 3.28. The van der Waals surface area contributed by atoms with Crippen LogP contribution < -0.4 is 5.32 Å². The molecule has 0 aliphatic rings. The maximum absolute atomic E-state index is 12.0. The van der Waals surface area contributed by atoms with Crippen molar-refractivity contribution >= 4 is 17.7 Å². The summed E-state index contributed by atoms with van der Waals surface area (Å²) >= 11 is 0. The third-order valence-corrected chi connectivity index (χ3v) is 2.74. The molecule has 2 rings (SSSR count). The number of nitrogens with one attached hydrogen (secondary N) is 1. The van der Waals surface area contributed by atoms with Crippen LogP contribution in [0.1, 0.15) is 26.7 Å². The molecule has 0 spiro atoms. The predicted molar refractivity (Wildman–Crippen MR) is 67.1 cm³/mol. The van der Waals surface area contributed by atoms with Gasteiger partial charge in [0.1, 0.15) is 5.69 Å². The summed E-state index contributed by atoms with van der Waals surface area (Å²) in [7, 11) is 1.75. The first-order valence-corrected chi connectivity index (χ1v) is 5.48. The molecule has 0 fully saturated rings. The fourth-order valence-corrected chi connectivity index (χ4v) is 1.60. The standard InChI is InChI=1S/C12H12N4O3/c1-7-3-4-8(16(7)2)11(17)15-10-9(12(18)19)13-5-6-14-10/h3-6H,1-2H3,(H,18,19)(H,14,15,17).